The minimum Gasteiger partial charge on any atom is -0.393 e. The first kappa shape index (κ1) is 13.7. The van der Waals surface area contributed by atoms with Crippen molar-refractivity contribution in [1.82, 2.24) is 15.5 Å². The number of amides is 1. The number of hydrogen-bond donors (Lipinski definition) is 3. The van der Waals surface area contributed by atoms with Crippen molar-refractivity contribution < 1.29 is 9.90 Å². The van der Waals surface area contributed by atoms with E-state index in [4.69, 9.17) is 0 Å². The molecule has 0 spiro atoms. The summed E-state index contributed by atoms with van der Waals surface area (Å²) in [4.78, 5) is 11.5. The highest BCUT2D eigenvalue weighted by molar-refractivity contribution is 5.92. The zero-order chi connectivity index (χ0) is 13.7. The Morgan fingerprint density at radius 3 is 2.63 bits per heavy atom. The number of rotatable bonds is 4. The molecule has 1 aromatic heterocycles. The van der Waals surface area contributed by atoms with Gasteiger partial charge in [0.05, 0.1) is 6.10 Å². The minimum atomic E-state index is -0.206. The zero-order valence-electron chi connectivity index (χ0n) is 11.1. The van der Waals surface area contributed by atoms with Crippen molar-refractivity contribution in [2.24, 2.45) is 0 Å². The fraction of sp³-hybridized carbons (Fsp3) is 0.615. The summed E-state index contributed by atoms with van der Waals surface area (Å²) >= 11 is 0. The van der Waals surface area contributed by atoms with E-state index in [0.717, 1.165) is 25.7 Å². The quantitative estimate of drug-likeness (QED) is 0.753. The van der Waals surface area contributed by atoms with E-state index in [9.17, 15) is 9.90 Å². The second-order valence-corrected chi connectivity index (χ2v) is 4.81. The second-order valence-electron chi connectivity index (χ2n) is 4.81. The molecule has 1 fully saturated rings. The van der Waals surface area contributed by atoms with Crippen LogP contribution in [0.25, 0.3) is 0 Å². The number of nitrogens with one attached hydrogen (secondary N) is 2. The van der Waals surface area contributed by atoms with Gasteiger partial charge in [-0.3, -0.25) is 4.79 Å². The third-order valence-electron chi connectivity index (χ3n) is 3.28. The van der Waals surface area contributed by atoms with Gasteiger partial charge in [-0.05, 0) is 44.7 Å². The maximum absolute atomic E-state index is 11.5. The molecule has 1 aromatic rings. The fourth-order valence-corrected chi connectivity index (χ4v) is 2.21. The van der Waals surface area contributed by atoms with Gasteiger partial charge in [-0.15, -0.1) is 10.2 Å². The van der Waals surface area contributed by atoms with E-state index in [1.165, 1.54) is 0 Å². The Morgan fingerprint density at radius 1 is 1.32 bits per heavy atom. The molecule has 2 rings (SSSR count). The van der Waals surface area contributed by atoms with Gasteiger partial charge in [-0.25, -0.2) is 0 Å². The van der Waals surface area contributed by atoms with Crippen LogP contribution in [0, 0.1) is 0 Å². The summed E-state index contributed by atoms with van der Waals surface area (Å²) in [6.45, 7) is 2.43. The highest BCUT2D eigenvalue weighted by atomic mass is 16.3. The molecule has 1 aliphatic carbocycles. The van der Waals surface area contributed by atoms with Crippen molar-refractivity contribution in [3.63, 3.8) is 0 Å². The molecular formula is C13H20N4O2. The van der Waals surface area contributed by atoms with Crippen LogP contribution >= 0.6 is 0 Å². The molecule has 0 saturated heterocycles. The maximum Gasteiger partial charge on any atom is 0.271 e. The van der Waals surface area contributed by atoms with Crippen molar-refractivity contribution in [2.45, 2.75) is 44.8 Å². The lowest BCUT2D eigenvalue weighted by Crippen LogP contribution is -2.29. The molecule has 6 heteroatoms. The third-order valence-corrected chi connectivity index (χ3v) is 3.28. The van der Waals surface area contributed by atoms with Crippen LogP contribution < -0.4 is 10.6 Å². The number of aliphatic hydroxyl groups excluding tert-OH is 1. The Bertz CT molecular complexity index is 413. The average molecular weight is 264 g/mol. The average Bonchev–Trinajstić information content (AvgIpc) is 2.42. The third kappa shape index (κ3) is 3.89. The van der Waals surface area contributed by atoms with Gasteiger partial charge in [0.15, 0.2) is 5.69 Å². The highest BCUT2D eigenvalue weighted by Gasteiger charge is 2.19. The number of anilines is 1. The highest BCUT2D eigenvalue weighted by Crippen LogP contribution is 2.21. The summed E-state index contributed by atoms with van der Waals surface area (Å²) in [5.74, 6) is 0.469. The Hall–Kier alpha value is -1.69. The fourth-order valence-electron chi connectivity index (χ4n) is 2.21. The molecular weight excluding hydrogens is 244 g/mol. The lowest BCUT2D eigenvalue weighted by atomic mass is 9.93. The predicted octanol–water partition coefficient (Wildman–Crippen LogP) is 0.942. The van der Waals surface area contributed by atoms with Crippen molar-refractivity contribution >= 4 is 11.7 Å². The molecule has 0 radical (unpaired) electrons. The summed E-state index contributed by atoms with van der Waals surface area (Å²) in [5, 5.41) is 23.3. The first-order valence-corrected chi connectivity index (χ1v) is 6.75. The van der Waals surface area contributed by atoms with Crippen molar-refractivity contribution in [3.8, 4) is 0 Å². The topological polar surface area (TPSA) is 87.1 Å². The van der Waals surface area contributed by atoms with Gasteiger partial charge in [0.1, 0.15) is 5.82 Å². The smallest absolute Gasteiger partial charge is 0.271 e. The normalized spacial score (nSPS) is 22.8. The van der Waals surface area contributed by atoms with Crippen LogP contribution in [0.3, 0.4) is 0 Å². The molecule has 0 aliphatic heterocycles. The van der Waals surface area contributed by atoms with E-state index in [1.54, 1.807) is 12.1 Å². The number of hydrogen-bond acceptors (Lipinski definition) is 5. The van der Waals surface area contributed by atoms with Crippen LogP contribution in [0.15, 0.2) is 12.1 Å². The SMILES string of the molecule is CCNC(=O)c1ccc(NC2CCC(O)CC2)nn1. The largest absolute Gasteiger partial charge is 0.393 e. The van der Waals surface area contributed by atoms with Crippen molar-refractivity contribution in [3.05, 3.63) is 17.8 Å². The number of aliphatic hydroxyl groups is 1. The molecule has 0 aromatic carbocycles. The lowest BCUT2D eigenvalue weighted by molar-refractivity contribution is 0.0949. The molecule has 0 bridgehead atoms. The molecule has 0 unspecified atom stereocenters. The predicted molar refractivity (Wildman–Crippen MR) is 71.9 cm³/mol. The van der Waals surface area contributed by atoms with Crippen LogP contribution in [0.5, 0.6) is 0 Å². The Labute approximate surface area is 112 Å². The number of nitrogens with zero attached hydrogens (tertiary/aromatic N) is 2. The summed E-state index contributed by atoms with van der Waals surface area (Å²) in [5.41, 5.74) is 0.325. The summed E-state index contributed by atoms with van der Waals surface area (Å²) in [6, 6.07) is 3.76. The number of carbonyl (C=O) groups excluding carboxylic acids is 1. The maximum atomic E-state index is 11.5. The first-order chi connectivity index (χ1) is 9.19. The second kappa shape index (κ2) is 6.47. The van der Waals surface area contributed by atoms with Crippen molar-refractivity contribution in [1.29, 1.82) is 0 Å². The van der Waals surface area contributed by atoms with Crippen LogP contribution in [-0.2, 0) is 0 Å². The summed E-state index contributed by atoms with van der Waals surface area (Å²) < 4.78 is 0. The van der Waals surface area contributed by atoms with Gasteiger partial charge < -0.3 is 15.7 Å². The molecule has 1 aliphatic rings. The Balaban J connectivity index is 1.90. The van der Waals surface area contributed by atoms with Crippen LogP contribution in [0.2, 0.25) is 0 Å². The van der Waals surface area contributed by atoms with Crippen LogP contribution in [0.1, 0.15) is 43.1 Å². The molecule has 19 heavy (non-hydrogen) atoms. The van der Waals surface area contributed by atoms with Crippen LogP contribution in [0.4, 0.5) is 5.82 Å². The number of aromatic nitrogens is 2. The molecule has 1 amide bonds. The lowest BCUT2D eigenvalue weighted by Gasteiger charge is -2.26. The van der Waals surface area contributed by atoms with E-state index in [-0.39, 0.29) is 12.0 Å². The molecule has 1 saturated carbocycles. The van der Waals surface area contributed by atoms with E-state index in [2.05, 4.69) is 20.8 Å². The van der Waals surface area contributed by atoms with Gasteiger partial charge >= 0.3 is 0 Å². The first-order valence-electron chi connectivity index (χ1n) is 6.75. The standard InChI is InChI=1S/C13H20N4O2/c1-2-14-13(19)11-7-8-12(17-16-11)15-9-3-5-10(18)6-4-9/h7-10,18H,2-6H2,1H3,(H,14,19)(H,15,17). The van der Waals surface area contributed by atoms with Gasteiger partial charge in [0, 0.05) is 12.6 Å². The monoisotopic (exact) mass is 264 g/mol. The zero-order valence-corrected chi connectivity index (χ0v) is 11.1. The summed E-state index contributed by atoms with van der Waals surface area (Å²) in [7, 11) is 0. The molecule has 6 nitrogen and oxygen atoms in total. The molecule has 3 N–H and O–H groups in total. The summed E-state index contributed by atoms with van der Waals surface area (Å²) in [6.07, 6.45) is 3.34. The van der Waals surface area contributed by atoms with E-state index in [1.807, 2.05) is 6.92 Å². The van der Waals surface area contributed by atoms with Gasteiger partial charge in [-0.1, -0.05) is 0 Å². The van der Waals surface area contributed by atoms with Gasteiger partial charge in [0.2, 0.25) is 0 Å². The van der Waals surface area contributed by atoms with E-state index in [0.29, 0.717) is 24.1 Å². The van der Waals surface area contributed by atoms with Gasteiger partial charge in [0.25, 0.3) is 5.91 Å². The van der Waals surface area contributed by atoms with E-state index < -0.39 is 0 Å². The Morgan fingerprint density at radius 2 is 2.05 bits per heavy atom. The van der Waals surface area contributed by atoms with Crippen molar-refractivity contribution in [2.75, 3.05) is 11.9 Å². The number of carbonyl (C=O) groups is 1. The van der Waals surface area contributed by atoms with E-state index >= 15 is 0 Å². The molecule has 0 atom stereocenters. The van der Waals surface area contributed by atoms with Crippen LogP contribution in [-0.4, -0.2) is 39.9 Å². The Kier molecular flexibility index (Phi) is 4.68. The molecule has 104 valence electrons. The van der Waals surface area contributed by atoms with Gasteiger partial charge in [-0.2, -0.15) is 0 Å². The minimum absolute atomic E-state index is 0.163. The molecule has 1 heterocycles.